The van der Waals surface area contributed by atoms with Crippen molar-refractivity contribution in [3.8, 4) is 11.4 Å². The highest BCUT2D eigenvalue weighted by molar-refractivity contribution is 7.99. The number of aryl methyl sites for hydroxylation is 1. The average Bonchev–Trinajstić information content (AvgIpc) is 3.19. The molecule has 0 aliphatic rings. The number of thioether (sulfide) groups is 1. The zero-order chi connectivity index (χ0) is 22.9. The van der Waals surface area contributed by atoms with Gasteiger partial charge in [-0.2, -0.15) is 0 Å². The molecule has 0 unspecified atom stereocenters. The second-order valence-electron chi connectivity index (χ2n) is 6.97. The number of hydrogen-bond acceptors (Lipinski definition) is 6. The first-order valence-electron chi connectivity index (χ1n) is 10.3. The lowest BCUT2D eigenvalue weighted by atomic mass is 10.1. The summed E-state index contributed by atoms with van der Waals surface area (Å²) in [5.74, 6) is 1.70. The van der Waals surface area contributed by atoms with Gasteiger partial charge >= 0.3 is 0 Å². The van der Waals surface area contributed by atoms with Crippen molar-refractivity contribution in [3.05, 3.63) is 64.9 Å². The second kappa shape index (κ2) is 11.7. The van der Waals surface area contributed by atoms with Gasteiger partial charge in [-0.25, -0.2) is 0 Å². The zero-order valence-corrected chi connectivity index (χ0v) is 19.6. The van der Waals surface area contributed by atoms with Crippen molar-refractivity contribution >= 4 is 35.1 Å². The van der Waals surface area contributed by atoms with Crippen molar-refractivity contribution in [2.75, 3.05) is 18.9 Å². The number of carbonyl (C=O) groups is 2. The van der Waals surface area contributed by atoms with Crippen LogP contribution >= 0.6 is 23.4 Å². The monoisotopic (exact) mass is 472 g/mol. The molecule has 1 N–H and O–H groups in total. The molecule has 0 saturated carbocycles. The summed E-state index contributed by atoms with van der Waals surface area (Å²) in [6, 6.07) is 14.5. The molecule has 0 radical (unpaired) electrons. The van der Waals surface area contributed by atoms with Gasteiger partial charge < -0.3 is 10.1 Å². The Morgan fingerprint density at radius 3 is 2.47 bits per heavy atom. The summed E-state index contributed by atoms with van der Waals surface area (Å²) >= 11 is 7.25. The van der Waals surface area contributed by atoms with Crippen molar-refractivity contribution in [1.82, 2.24) is 20.1 Å². The summed E-state index contributed by atoms with van der Waals surface area (Å²) < 4.78 is 7.48. The smallest absolute Gasteiger partial charge is 0.216 e. The number of nitrogens with one attached hydrogen (secondary N) is 1. The van der Waals surface area contributed by atoms with Crippen molar-refractivity contribution < 1.29 is 14.3 Å². The Bertz CT molecular complexity index is 1050. The molecule has 0 aliphatic carbocycles. The van der Waals surface area contributed by atoms with Crippen LogP contribution in [0.2, 0.25) is 5.02 Å². The summed E-state index contributed by atoms with van der Waals surface area (Å²) in [5, 5.41) is 12.7. The van der Waals surface area contributed by atoms with Gasteiger partial charge in [0, 0.05) is 36.2 Å². The van der Waals surface area contributed by atoms with Crippen LogP contribution < -0.4 is 10.1 Å². The van der Waals surface area contributed by atoms with E-state index in [1.165, 1.54) is 18.7 Å². The molecule has 1 heterocycles. The van der Waals surface area contributed by atoms with Gasteiger partial charge in [-0.1, -0.05) is 23.4 Å². The van der Waals surface area contributed by atoms with E-state index in [9.17, 15) is 9.59 Å². The Balaban J connectivity index is 1.78. The van der Waals surface area contributed by atoms with E-state index in [-0.39, 0.29) is 17.4 Å². The summed E-state index contributed by atoms with van der Waals surface area (Å²) in [7, 11) is 0. The van der Waals surface area contributed by atoms with Crippen LogP contribution in [0, 0.1) is 0 Å². The molecule has 7 nitrogen and oxygen atoms in total. The third kappa shape index (κ3) is 6.58. The third-order valence-electron chi connectivity index (χ3n) is 4.56. The number of ether oxygens (including phenoxy) is 1. The number of nitrogens with zero attached hydrogens (tertiary/aromatic N) is 3. The van der Waals surface area contributed by atoms with E-state index in [2.05, 4.69) is 15.5 Å². The maximum absolute atomic E-state index is 12.6. The molecule has 32 heavy (non-hydrogen) atoms. The lowest BCUT2D eigenvalue weighted by Gasteiger charge is -2.11. The van der Waals surface area contributed by atoms with Gasteiger partial charge in [0.15, 0.2) is 10.9 Å². The van der Waals surface area contributed by atoms with Crippen LogP contribution in [-0.4, -0.2) is 45.4 Å². The average molecular weight is 473 g/mol. The normalized spacial score (nSPS) is 10.7. The van der Waals surface area contributed by atoms with Crippen LogP contribution in [0.25, 0.3) is 5.69 Å². The molecule has 3 aromatic rings. The SMILES string of the molecule is CCOc1ccc(-n2c(CCCNC(C)=O)nnc2SCC(=O)c2ccc(Cl)cc2)cc1. The number of ketones is 1. The molecule has 0 atom stereocenters. The van der Waals surface area contributed by atoms with Gasteiger partial charge in [-0.05, 0) is 61.9 Å². The Kier molecular flexibility index (Phi) is 8.70. The van der Waals surface area contributed by atoms with Crippen molar-refractivity contribution in [1.29, 1.82) is 0 Å². The first kappa shape index (κ1) is 23.8. The molecule has 9 heteroatoms. The number of aromatic nitrogens is 3. The van der Waals surface area contributed by atoms with Gasteiger partial charge in [-0.15, -0.1) is 10.2 Å². The van der Waals surface area contributed by atoms with Crippen LogP contribution in [0.3, 0.4) is 0 Å². The van der Waals surface area contributed by atoms with E-state index in [1.807, 2.05) is 35.8 Å². The zero-order valence-electron chi connectivity index (χ0n) is 18.0. The van der Waals surface area contributed by atoms with Gasteiger partial charge in [-0.3, -0.25) is 14.2 Å². The predicted molar refractivity (Wildman–Crippen MR) is 126 cm³/mol. The van der Waals surface area contributed by atoms with Crippen LogP contribution in [0.1, 0.15) is 36.5 Å². The molecule has 0 saturated heterocycles. The largest absolute Gasteiger partial charge is 0.494 e. The van der Waals surface area contributed by atoms with Crippen molar-refractivity contribution in [2.24, 2.45) is 0 Å². The van der Waals surface area contributed by atoms with E-state index in [0.29, 0.717) is 35.3 Å². The summed E-state index contributed by atoms with van der Waals surface area (Å²) in [6.45, 7) is 4.58. The molecule has 3 rings (SSSR count). The highest BCUT2D eigenvalue weighted by Gasteiger charge is 2.17. The van der Waals surface area contributed by atoms with E-state index < -0.39 is 0 Å². The van der Waals surface area contributed by atoms with Crippen LogP contribution in [0.5, 0.6) is 5.75 Å². The molecule has 1 aromatic heterocycles. The van der Waals surface area contributed by atoms with Crippen LogP contribution in [-0.2, 0) is 11.2 Å². The Morgan fingerprint density at radius 2 is 1.81 bits per heavy atom. The molecule has 0 fully saturated rings. The fourth-order valence-corrected chi connectivity index (χ4v) is 4.02. The first-order chi connectivity index (χ1) is 15.5. The molecular weight excluding hydrogens is 448 g/mol. The maximum atomic E-state index is 12.6. The van der Waals surface area contributed by atoms with Gasteiger partial charge in [0.25, 0.3) is 0 Å². The van der Waals surface area contributed by atoms with Gasteiger partial charge in [0.1, 0.15) is 11.6 Å². The highest BCUT2D eigenvalue weighted by Crippen LogP contribution is 2.25. The van der Waals surface area contributed by atoms with Crippen molar-refractivity contribution in [3.63, 3.8) is 0 Å². The molecule has 0 spiro atoms. The lowest BCUT2D eigenvalue weighted by Crippen LogP contribution is -2.21. The maximum Gasteiger partial charge on any atom is 0.216 e. The molecule has 168 valence electrons. The fourth-order valence-electron chi connectivity index (χ4n) is 3.03. The number of halogens is 1. The third-order valence-corrected chi connectivity index (χ3v) is 5.74. The van der Waals surface area contributed by atoms with E-state index >= 15 is 0 Å². The Hall–Kier alpha value is -2.84. The molecule has 1 amide bonds. The summed E-state index contributed by atoms with van der Waals surface area (Å²) in [6.07, 6.45) is 1.36. The Morgan fingerprint density at radius 1 is 1.09 bits per heavy atom. The number of benzene rings is 2. The standard InChI is InChI=1S/C23H25ClN4O3S/c1-3-31-20-12-10-19(11-13-20)28-22(5-4-14-25-16(2)29)26-27-23(28)32-15-21(30)17-6-8-18(24)9-7-17/h6-13H,3-5,14-15H2,1-2H3,(H,25,29). The molecule has 2 aromatic carbocycles. The molecular formula is C23H25ClN4O3S. The Labute approximate surface area is 196 Å². The first-order valence-corrected chi connectivity index (χ1v) is 11.7. The minimum atomic E-state index is -0.0602. The van der Waals surface area contributed by atoms with E-state index in [0.717, 1.165) is 23.7 Å². The summed E-state index contributed by atoms with van der Waals surface area (Å²) in [4.78, 5) is 23.7. The van der Waals surface area contributed by atoms with Crippen LogP contribution in [0.15, 0.2) is 53.7 Å². The van der Waals surface area contributed by atoms with Crippen molar-refractivity contribution in [2.45, 2.75) is 31.8 Å². The lowest BCUT2D eigenvalue weighted by molar-refractivity contribution is -0.118. The minimum Gasteiger partial charge on any atom is -0.494 e. The fraction of sp³-hybridized carbons (Fsp3) is 0.304. The number of carbonyl (C=O) groups excluding carboxylic acids is 2. The predicted octanol–water partition coefficient (Wildman–Crippen LogP) is 4.36. The molecule has 0 aliphatic heterocycles. The van der Waals surface area contributed by atoms with Gasteiger partial charge in [0.05, 0.1) is 12.4 Å². The topological polar surface area (TPSA) is 86.1 Å². The van der Waals surface area contributed by atoms with E-state index in [4.69, 9.17) is 16.3 Å². The van der Waals surface area contributed by atoms with Crippen LogP contribution in [0.4, 0.5) is 0 Å². The van der Waals surface area contributed by atoms with E-state index in [1.54, 1.807) is 24.3 Å². The summed E-state index contributed by atoms with van der Waals surface area (Å²) in [5.41, 5.74) is 1.49. The number of amides is 1. The number of rotatable bonds is 11. The second-order valence-corrected chi connectivity index (χ2v) is 8.35. The molecule has 0 bridgehead atoms. The van der Waals surface area contributed by atoms with Gasteiger partial charge in [0.2, 0.25) is 5.91 Å². The number of Topliss-reactive ketones (excluding diaryl/α,β-unsaturated/α-hetero) is 1. The highest BCUT2D eigenvalue weighted by atomic mass is 35.5. The number of hydrogen-bond donors (Lipinski definition) is 1. The minimum absolute atomic E-state index is 0.0138. The quantitative estimate of drug-likeness (QED) is 0.253.